The van der Waals surface area contributed by atoms with Crippen LogP contribution in [0.1, 0.15) is 29.8 Å². The number of aryl methyl sites for hydroxylation is 1. The van der Waals surface area contributed by atoms with Gasteiger partial charge in [0, 0.05) is 11.9 Å². The molecule has 2 aromatic rings. The lowest BCUT2D eigenvalue weighted by atomic mass is 10.0. The summed E-state index contributed by atoms with van der Waals surface area (Å²) in [7, 11) is 0. The minimum Gasteiger partial charge on any atom is -0.330 e. The van der Waals surface area contributed by atoms with E-state index in [0.29, 0.717) is 5.82 Å². The maximum atomic E-state index is 5.30. The number of nitrogens with zero attached hydrogens (tertiary/aromatic N) is 3. The molecule has 94 valence electrons. The minimum absolute atomic E-state index is 0.686. The third-order valence-corrected chi connectivity index (χ3v) is 3.44. The second kappa shape index (κ2) is 4.78. The first-order valence-electron chi connectivity index (χ1n) is 6.31. The molecule has 18 heavy (non-hydrogen) atoms. The third kappa shape index (κ3) is 2.09. The van der Waals surface area contributed by atoms with Crippen LogP contribution in [0.4, 0.5) is 5.82 Å². The van der Waals surface area contributed by atoms with Gasteiger partial charge in [-0.2, -0.15) is 0 Å². The normalized spacial score (nSPS) is 14.3. The van der Waals surface area contributed by atoms with Gasteiger partial charge in [-0.25, -0.2) is 15.8 Å². The first kappa shape index (κ1) is 11.2. The molecule has 0 amide bonds. The lowest BCUT2D eigenvalue weighted by Crippen LogP contribution is -2.10. The molecule has 0 radical (unpaired) electrons. The third-order valence-electron chi connectivity index (χ3n) is 3.44. The molecular formula is C13H17N5. The number of aromatic nitrogens is 3. The molecule has 0 aliphatic heterocycles. The van der Waals surface area contributed by atoms with Gasteiger partial charge in [-0.15, -0.1) is 0 Å². The standard InChI is InChI=1S/C13H17N5/c14-17-13-6-5-10(7-15-13)8-18-9-16-11-3-1-2-4-12(11)18/h5-7,9H,1-4,8,14H2,(H,15,17). The van der Waals surface area contributed by atoms with Crippen LogP contribution >= 0.6 is 0 Å². The maximum absolute atomic E-state index is 5.30. The maximum Gasteiger partial charge on any atom is 0.139 e. The van der Waals surface area contributed by atoms with Crippen LogP contribution in [0.5, 0.6) is 0 Å². The Kier molecular flexibility index (Phi) is 2.98. The number of hydrogen-bond acceptors (Lipinski definition) is 4. The number of imidazole rings is 1. The molecule has 0 saturated heterocycles. The van der Waals surface area contributed by atoms with Gasteiger partial charge in [0.2, 0.25) is 0 Å². The zero-order chi connectivity index (χ0) is 12.4. The summed E-state index contributed by atoms with van der Waals surface area (Å²) in [4.78, 5) is 8.72. The molecular weight excluding hydrogens is 226 g/mol. The van der Waals surface area contributed by atoms with E-state index in [4.69, 9.17) is 5.84 Å². The molecule has 0 fully saturated rings. The molecule has 3 N–H and O–H groups in total. The summed E-state index contributed by atoms with van der Waals surface area (Å²) in [6.07, 6.45) is 8.60. The smallest absolute Gasteiger partial charge is 0.139 e. The van der Waals surface area contributed by atoms with Crippen LogP contribution in [0.25, 0.3) is 0 Å². The monoisotopic (exact) mass is 243 g/mol. The SMILES string of the molecule is NNc1ccc(Cn2cnc3c2CCCC3)cn1. The molecule has 2 aromatic heterocycles. The van der Waals surface area contributed by atoms with E-state index in [2.05, 4.69) is 20.0 Å². The number of hydrazine groups is 1. The Bertz CT molecular complexity index is 529. The molecule has 2 heterocycles. The van der Waals surface area contributed by atoms with Crippen LogP contribution < -0.4 is 11.3 Å². The molecule has 0 atom stereocenters. The van der Waals surface area contributed by atoms with Gasteiger partial charge in [0.25, 0.3) is 0 Å². The molecule has 5 nitrogen and oxygen atoms in total. The van der Waals surface area contributed by atoms with Crippen molar-refractivity contribution >= 4 is 5.82 Å². The van der Waals surface area contributed by atoms with E-state index in [1.807, 2.05) is 24.7 Å². The number of anilines is 1. The van der Waals surface area contributed by atoms with Crippen molar-refractivity contribution in [1.82, 2.24) is 14.5 Å². The molecule has 0 saturated carbocycles. The second-order valence-electron chi connectivity index (χ2n) is 4.67. The molecule has 0 aromatic carbocycles. The molecule has 3 rings (SSSR count). The van der Waals surface area contributed by atoms with E-state index in [-0.39, 0.29) is 0 Å². The topological polar surface area (TPSA) is 68.8 Å². The largest absolute Gasteiger partial charge is 0.330 e. The van der Waals surface area contributed by atoms with E-state index in [0.717, 1.165) is 19.4 Å². The molecule has 0 unspecified atom stereocenters. The van der Waals surface area contributed by atoms with Crippen molar-refractivity contribution in [2.24, 2.45) is 5.84 Å². The van der Waals surface area contributed by atoms with E-state index in [9.17, 15) is 0 Å². The van der Waals surface area contributed by atoms with Crippen LogP contribution in [0.15, 0.2) is 24.7 Å². The fourth-order valence-corrected chi connectivity index (χ4v) is 2.47. The Morgan fingerprint density at radius 1 is 1.22 bits per heavy atom. The zero-order valence-electron chi connectivity index (χ0n) is 10.3. The van der Waals surface area contributed by atoms with Crippen molar-refractivity contribution in [1.29, 1.82) is 0 Å². The summed E-state index contributed by atoms with van der Waals surface area (Å²) in [6.45, 7) is 0.834. The van der Waals surface area contributed by atoms with Crippen LogP contribution in [0, 0.1) is 0 Å². The quantitative estimate of drug-likeness (QED) is 0.633. The number of nitrogens with two attached hydrogens (primary N) is 1. The Balaban J connectivity index is 1.81. The van der Waals surface area contributed by atoms with Gasteiger partial charge >= 0.3 is 0 Å². The summed E-state index contributed by atoms with van der Waals surface area (Å²) in [5.74, 6) is 5.99. The highest BCUT2D eigenvalue weighted by Gasteiger charge is 2.15. The molecule has 0 spiro atoms. The number of nitrogens with one attached hydrogen (secondary N) is 1. The number of pyridine rings is 1. The Morgan fingerprint density at radius 2 is 2.11 bits per heavy atom. The number of nitrogen functional groups attached to an aromatic ring is 1. The van der Waals surface area contributed by atoms with E-state index in [1.54, 1.807) is 0 Å². The second-order valence-corrected chi connectivity index (χ2v) is 4.67. The highest BCUT2D eigenvalue weighted by molar-refractivity contribution is 5.34. The van der Waals surface area contributed by atoms with Gasteiger partial charge in [-0.3, -0.25) is 0 Å². The highest BCUT2D eigenvalue weighted by atomic mass is 15.2. The average Bonchev–Trinajstić information content (AvgIpc) is 2.83. The van der Waals surface area contributed by atoms with Crippen LogP contribution in [0.2, 0.25) is 0 Å². The fraction of sp³-hybridized carbons (Fsp3) is 0.385. The van der Waals surface area contributed by atoms with Gasteiger partial charge < -0.3 is 9.99 Å². The van der Waals surface area contributed by atoms with Crippen molar-refractivity contribution in [2.75, 3.05) is 5.43 Å². The summed E-state index contributed by atoms with van der Waals surface area (Å²) in [6, 6.07) is 3.93. The number of fused-ring (bicyclic) bond motifs is 1. The molecule has 1 aliphatic carbocycles. The van der Waals surface area contributed by atoms with Gasteiger partial charge in [0.1, 0.15) is 5.82 Å². The molecule has 1 aliphatic rings. The van der Waals surface area contributed by atoms with Gasteiger partial charge in [0.05, 0.1) is 18.6 Å². The van der Waals surface area contributed by atoms with Gasteiger partial charge in [-0.05, 0) is 37.3 Å². The van der Waals surface area contributed by atoms with Crippen molar-refractivity contribution in [3.05, 3.63) is 41.6 Å². The van der Waals surface area contributed by atoms with Crippen molar-refractivity contribution < 1.29 is 0 Å². The zero-order valence-corrected chi connectivity index (χ0v) is 10.3. The van der Waals surface area contributed by atoms with Crippen molar-refractivity contribution in [3.8, 4) is 0 Å². The predicted octanol–water partition coefficient (Wildman–Crippen LogP) is 1.49. The average molecular weight is 243 g/mol. The number of hydrogen-bond donors (Lipinski definition) is 2. The lowest BCUT2D eigenvalue weighted by Gasteiger charge is -2.14. The first-order valence-corrected chi connectivity index (χ1v) is 6.31. The van der Waals surface area contributed by atoms with Crippen molar-refractivity contribution in [3.63, 3.8) is 0 Å². The van der Waals surface area contributed by atoms with Crippen LogP contribution in [-0.2, 0) is 19.4 Å². The number of rotatable bonds is 3. The summed E-state index contributed by atoms with van der Waals surface area (Å²) >= 11 is 0. The van der Waals surface area contributed by atoms with Crippen molar-refractivity contribution in [2.45, 2.75) is 32.2 Å². The summed E-state index contributed by atoms with van der Waals surface area (Å²) in [5.41, 5.74) is 6.36. The fourth-order valence-electron chi connectivity index (χ4n) is 2.47. The van der Waals surface area contributed by atoms with Gasteiger partial charge in [0.15, 0.2) is 0 Å². The Labute approximate surface area is 106 Å². The Hall–Kier alpha value is -1.88. The van der Waals surface area contributed by atoms with E-state index >= 15 is 0 Å². The molecule has 5 heteroatoms. The predicted molar refractivity (Wildman–Crippen MR) is 70.0 cm³/mol. The lowest BCUT2D eigenvalue weighted by molar-refractivity contribution is 0.628. The summed E-state index contributed by atoms with van der Waals surface area (Å²) < 4.78 is 2.24. The van der Waals surface area contributed by atoms with Crippen LogP contribution in [0.3, 0.4) is 0 Å². The minimum atomic E-state index is 0.686. The molecule has 0 bridgehead atoms. The Morgan fingerprint density at radius 3 is 2.89 bits per heavy atom. The van der Waals surface area contributed by atoms with Gasteiger partial charge in [-0.1, -0.05) is 6.07 Å². The highest BCUT2D eigenvalue weighted by Crippen LogP contribution is 2.20. The summed E-state index contributed by atoms with van der Waals surface area (Å²) in [5, 5.41) is 0. The van der Waals surface area contributed by atoms with Crippen LogP contribution in [-0.4, -0.2) is 14.5 Å². The van der Waals surface area contributed by atoms with E-state index in [1.165, 1.54) is 29.8 Å². The first-order chi connectivity index (χ1) is 8.86. The van der Waals surface area contributed by atoms with E-state index < -0.39 is 0 Å².